The lowest BCUT2D eigenvalue weighted by Crippen LogP contribution is -2.23. The van der Waals surface area contributed by atoms with Gasteiger partial charge in [-0.05, 0) is 18.6 Å². The second kappa shape index (κ2) is 3.06. The van der Waals surface area contributed by atoms with Crippen LogP contribution in [-0.4, -0.2) is 20.7 Å². The van der Waals surface area contributed by atoms with Crippen molar-refractivity contribution in [3.63, 3.8) is 0 Å². The van der Waals surface area contributed by atoms with Crippen LogP contribution in [0, 0.1) is 5.82 Å². The van der Waals surface area contributed by atoms with Crippen molar-refractivity contribution in [2.45, 2.75) is 6.42 Å². The van der Waals surface area contributed by atoms with Crippen LogP contribution in [0.4, 0.5) is 10.2 Å². The molecule has 1 aliphatic rings. The van der Waals surface area contributed by atoms with Gasteiger partial charge in [0.05, 0.1) is 9.73 Å². The summed E-state index contributed by atoms with van der Waals surface area (Å²) in [5.41, 5.74) is 0. The van der Waals surface area contributed by atoms with Crippen LogP contribution in [-0.2, 0) is 9.73 Å². The zero-order valence-electron chi connectivity index (χ0n) is 6.94. The van der Waals surface area contributed by atoms with E-state index in [-0.39, 0.29) is 5.82 Å². The predicted molar refractivity (Wildman–Crippen MR) is 48.8 cm³/mol. The third-order valence-corrected chi connectivity index (χ3v) is 4.28. The fourth-order valence-corrected chi connectivity index (χ4v) is 2.50. The van der Waals surface area contributed by atoms with Crippen LogP contribution in [0.3, 0.4) is 0 Å². The maximum absolute atomic E-state index is 13.0. The molecule has 0 N–H and O–H groups in total. The first kappa shape index (κ1) is 8.62. The third-order valence-electron chi connectivity index (χ3n) is 1.92. The van der Waals surface area contributed by atoms with Crippen molar-refractivity contribution in [1.82, 2.24) is 4.98 Å². The molecule has 13 heavy (non-hydrogen) atoms. The molecule has 0 saturated carbocycles. The Labute approximate surface area is 76.2 Å². The van der Waals surface area contributed by atoms with E-state index in [0.29, 0.717) is 11.5 Å². The Morgan fingerprint density at radius 2 is 2.31 bits per heavy atom. The fourth-order valence-electron chi connectivity index (χ4n) is 1.08. The minimum absolute atomic E-state index is 0.0211. The van der Waals surface area contributed by atoms with Gasteiger partial charge >= 0.3 is 0 Å². The highest BCUT2D eigenvalue weighted by molar-refractivity contribution is 7.95. The number of halogens is 1. The van der Waals surface area contributed by atoms with Gasteiger partial charge in [-0.2, -0.15) is 4.36 Å². The molecule has 0 spiro atoms. The van der Waals surface area contributed by atoms with Crippen molar-refractivity contribution in [2.24, 2.45) is 4.36 Å². The highest BCUT2D eigenvalue weighted by Crippen LogP contribution is 2.21. The number of hydrogen-bond acceptors (Lipinski definition) is 3. The normalized spacial score (nSPS) is 19.2. The Kier molecular flexibility index (Phi) is 2.03. The molecule has 0 aromatic carbocycles. The molecule has 5 heteroatoms. The summed E-state index contributed by atoms with van der Waals surface area (Å²) in [6.45, 7) is 0. The third kappa shape index (κ3) is 1.70. The Hall–Kier alpha value is -0.970. The van der Waals surface area contributed by atoms with Crippen molar-refractivity contribution in [3.05, 3.63) is 24.1 Å². The summed E-state index contributed by atoms with van der Waals surface area (Å²) in [4.78, 5) is 3.72. The van der Waals surface area contributed by atoms with E-state index in [0.717, 1.165) is 6.42 Å². The molecule has 0 aliphatic carbocycles. The van der Waals surface area contributed by atoms with Gasteiger partial charge in [0.2, 0.25) is 0 Å². The number of pyridine rings is 1. The quantitative estimate of drug-likeness (QED) is 0.692. The lowest BCUT2D eigenvalue weighted by atomic mass is 10.4. The molecule has 0 unspecified atom stereocenters. The van der Waals surface area contributed by atoms with Gasteiger partial charge in [0.25, 0.3) is 0 Å². The average Bonchev–Trinajstić information content (AvgIpc) is 2.06. The van der Waals surface area contributed by atoms with Crippen LogP contribution in [0.2, 0.25) is 0 Å². The van der Waals surface area contributed by atoms with Gasteiger partial charge in [-0.3, -0.25) is 0 Å². The molecular formula is C8H9FN2OS. The number of aromatic nitrogens is 1. The van der Waals surface area contributed by atoms with E-state index >= 15 is 0 Å². The van der Waals surface area contributed by atoms with Gasteiger partial charge in [-0.1, -0.05) is 0 Å². The van der Waals surface area contributed by atoms with Crippen molar-refractivity contribution < 1.29 is 8.60 Å². The van der Waals surface area contributed by atoms with Crippen LogP contribution >= 0.6 is 0 Å². The van der Waals surface area contributed by atoms with Gasteiger partial charge in [0, 0.05) is 17.7 Å². The van der Waals surface area contributed by atoms with Gasteiger partial charge in [0.15, 0.2) is 11.6 Å². The highest BCUT2D eigenvalue weighted by Gasteiger charge is 2.20. The van der Waals surface area contributed by atoms with Crippen LogP contribution in [0.5, 0.6) is 0 Å². The second-order valence-corrected chi connectivity index (χ2v) is 5.48. The first-order chi connectivity index (χ1) is 6.20. The molecule has 1 aromatic rings. The minimum Gasteiger partial charge on any atom is -0.249 e. The molecule has 0 amide bonds. The Bertz CT molecular complexity index is 428. The van der Waals surface area contributed by atoms with E-state index in [4.69, 9.17) is 0 Å². The summed E-state index contributed by atoms with van der Waals surface area (Å²) in [5, 5.41) is 0. The number of nitrogens with zero attached hydrogens (tertiary/aromatic N) is 2. The SMILES string of the molecule is O=S1(=Nc2ncccc2F)CCC1. The Morgan fingerprint density at radius 1 is 1.54 bits per heavy atom. The predicted octanol–water partition coefficient (Wildman–Crippen LogP) is 1.72. The molecule has 70 valence electrons. The minimum atomic E-state index is -2.14. The van der Waals surface area contributed by atoms with Crippen molar-refractivity contribution >= 4 is 15.5 Å². The van der Waals surface area contributed by atoms with Crippen LogP contribution < -0.4 is 0 Å². The summed E-state index contributed by atoms with van der Waals surface area (Å²) < 4.78 is 28.4. The Morgan fingerprint density at radius 3 is 2.85 bits per heavy atom. The summed E-state index contributed by atoms with van der Waals surface area (Å²) >= 11 is 0. The molecule has 3 nitrogen and oxygen atoms in total. The monoisotopic (exact) mass is 200 g/mol. The highest BCUT2D eigenvalue weighted by atomic mass is 32.2. The summed E-state index contributed by atoms with van der Waals surface area (Å²) in [6.07, 6.45) is 2.36. The zero-order chi connectivity index (χ0) is 9.31. The zero-order valence-corrected chi connectivity index (χ0v) is 7.76. The van der Waals surface area contributed by atoms with Gasteiger partial charge < -0.3 is 0 Å². The molecule has 2 rings (SSSR count). The molecule has 1 saturated heterocycles. The molecule has 0 atom stereocenters. The fraction of sp³-hybridized carbons (Fsp3) is 0.375. The van der Waals surface area contributed by atoms with Gasteiger partial charge in [-0.15, -0.1) is 0 Å². The van der Waals surface area contributed by atoms with E-state index in [9.17, 15) is 8.60 Å². The molecule has 1 aromatic heterocycles. The molecule has 0 bridgehead atoms. The van der Waals surface area contributed by atoms with Crippen molar-refractivity contribution in [1.29, 1.82) is 0 Å². The van der Waals surface area contributed by atoms with E-state index in [1.54, 1.807) is 0 Å². The summed E-state index contributed by atoms with van der Waals surface area (Å²) in [7, 11) is -2.14. The first-order valence-corrected chi connectivity index (χ1v) is 5.88. The van der Waals surface area contributed by atoms with Crippen LogP contribution in [0.1, 0.15) is 6.42 Å². The summed E-state index contributed by atoms with van der Waals surface area (Å²) in [6, 6.07) is 2.76. The molecule has 0 radical (unpaired) electrons. The topological polar surface area (TPSA) is 42.3 Å². The molecule has 1 fully saturated rings. The van der Waals surface area contributed by atoms with E-state index in [1.165, 1.54) is 18.3 Å². The smallest absolute Gasteiger partial charge is 0.197 e. The number of rotatable bonds is 1. The maximum atomic E-state index is 13.0. The van der Waals surface area contributed by atoms with Crippen LogP contribution in [0.15, 0.2) is 22.7 Å². The van der Waals surface area contributed by atoms with E-state index < -0.39 is 15.5 Å². The average molecular weight is 200 g/mol. The number of hydrogen-bond donors (Lipinski definition) is 0. The van der Waals surface area contributed by atoms with E-state index in [2.05, 4.69) is 9.35 Å². The molecule has 2 heterocycles. The first-order valence-electron chi connectivity index (χ1n) is 4.03. The second-order valence-electron chi connectivity index (χ2n) is 2.93. The van der Waals surface area contributed by atoms with Crippen LogP contribution in [0.25, 0.3) is 0 Å². The lowest BCUT2D eigenvalue weighted by Gasteiger charge is -2.17. The summed E-state index contributed by atoms with van der Waals surface area (Å²) in [5.74, 6) is 0.621. The lowest BCUT2D eigenvalue weighted by molar-refractivity contribution is 0.622. The molecular weight excluding hydrogens is 191 g/mol. The standard InChI is InChI=1S/C8H9FN2OS/c9-7-3-1-4-10-8(7)11-13(12)5-2-6-13/h1,3-4H,2,5-6H2. The van der Waals surface area contributed by atoms with Crippen molar-refractivity contribution in [3.8, 4) is 0 Å². The van der Waals surface area contributed by atoms with Gasteiger partial charge in [-0.25, -0.2) is 13.6 Å². The van der Waals surface area contributed by atoms with Gasteiger partial charge in [0.1, 0.15) is 0 Å². The van der Waals surface area contributed by atoms with E-state index in [1.807, 2.05) is 0 Å². The molecule has 1 aliphatic heterocycles. The largest absolute Gasteiger partial charge is 0.249 e. The van der Waals surface area contributed by atoms with Crippen molar-refractivity contribution in [2.75, 3.05) is 11.5 Å². The maximum Gasteiger partial charge on any atom is 0.197 e. The Balaban J connectivity index is 2.43.